The minimum Gasteiger partial charge on any atom is -0.421 e. The van der Waals surface area contributed by atoms with Crippen LogP contribution in [0.3, 0.4) is 0 Å². The molecule has 0 saturated carbocycles. The van der Waals surface area contributed by atoms with Crippen LogP contribution in [0.15, 0.2) is 47.1 Å². The number of hydrogen-bond donors (Lipinski definition) is 1. The number of nitrogens with two attached hydrogens (primary N) is 1. The molecule has 2 N–H and O–H groups in total. The number of aromatic nitrogens is 3. The topological polar surface area (TPSA) is 77.8 Å². The van der Waals surface area contributed by atoms with Crippen LogP contribution in [0.1, 0.15) is 5.89 Å². The van der Waals surface area contributed by atoms with Gasteiger partial charge in [-0.25, -0.2) is 0 Å². The highest BCUT2D eigenvalue weighted by Crippen LogP contribution is 2.24. The second-order valence-electron chi connectivity index (χ2n) is 4.21. The Morgan fingerprint density at radius 3 is 2.37 bits per heavy atom. The molecule has 0 fully saturated rings. The van der Waals surface area contributed by atoms with Gasteiger partial charge in [0, 0.05) is 30.6 Å². The predicted octanol–water partition coefficient (Wildman–Crippen LogP) is 2.69. The van der Waals surface area contributed by atoms with E-state index in [4.69, 9.17) is 10.2 Å². The van der Waals surface area contributed by atoms with Crippen LogP contribution in [-0.2, 0) is 0 Å². The van der Waals surface area contributed by atoms with Crippen LogP contribution in [0.4, 0.5) is 5.69 Å². The SMILES string of the molecule is Cc1nnc(-c2cncc(-c3ccc(N)cc3)c2)o1. The van der Waals surface area contributed by atoms with E-state index in [1.54, 1.807) is 19.3 Å². The maximum absolute atomic E-state index is 5.68. The highest BCUT2D eigenvalue weighted by Gasteiger charge is 2.08. The molecule has 0 amide bonds. The molecule has 0 aliphatic carbocycles. The zero-order valence-electron chi connectivity index (χ0n) is 10.4. The molecule has 0 spiro atoms. The van der Waals surface area contributed by atoms with E-state index in [9.17, 15) is 0 Å². The van der Waals surface area contributed by atoms with Crippen molar-refractivity contribution in [3.8, 4) is 22.6 Å². The van der Waals surface area contributed by atoms with Crippen molar-refractivity contribution in [1.82, 2.24) is 15.2 Å². The number of hydrogen-bond acceptors (Lipinski definition) is 5. The third-order valence-corrected chi connectivity index (χ3v) is 2.76. The summed E-state index contributed by atoms with van der Waals surface area (Å²) in [4.78, 5) is 4.21. The van der Waals surface area contributed by atoms with Crippen LogP contribution in [0.5, 0.6) is 0 Å². The average Bonchev–Trinajstić information content (AvgIpc) is 2.86. The number of benzene rings is 1. The number of pyridine rings is 1. The fraction of sp³-hybridized carbons (Fsp3) is 0.0714. The smallest absolute Gasteiger partial charge is 0.249 e. The molecule has 0 bridgehead atoms. The van der Waals surface area contributed by atoms with E-state index < -0.39 is 0 Å². The molecule has 94 valence electrons. The van der Waals surface area contributed by atoms with Crippen LogP contribution < -0.4 is 5.73 Å². The lowest BCUT2D eigenvalue weighted by Gasteiger charge is -2.03. The Morgan fingerprint density at radius 2 is 1.68 bits per heavy atom. The summed E-state index contributed by atoms with van der Waals surface area (Å²) in [5.41, 5.74) is 9.24. The second kappa shape index (κ2) is 4.53. The molecule has 0 unspecified atom stereocenters. The van der Waals surface area contributed by atoms with E-state index >= 15 is 0 Å². The second-order valence-corrected chi connectivity index (χ2v) is 4.21. The maximum Gasteiger partial charge on any atom is 0.249 e. The van der Waals surface area contributed by atoms with Gasteiger partial charge in [-0.15, -0.1) is 10.2 Å². The summed E-state index contributed by atoms with van der Waals surface area (Å²) in [5, 5.41) is 7.80. The Balaban J connectivity index is 2.02. The Kier molecular flexibility index (Phi) is 2.72. The van der Waals surface area contributed by atoms with Crippen molar-refractivity contribution in [2.45, 2.75) is 6.92 Å². The van der Waals surface area contributed by atoms with Crippen molar-refractivity contribution in [3.63, 3.8) is 0 Å². The van der Waals surface area contributed by atoms with Gasteiger partial charge in [0.15, 0.2) is 0 Å². The van der Waals surface area contributed by atoms with Crippen molar-refractivity contribution in [2.75, 3.05) is 5.73 Å². The number of anilines is 1. The van der Waals surface area contributed by atoms with Crippen LogP contribution in [0.25, 0.3) is 22.6 Å². The van der Waals surface area contributed by atoms with Crippen LogP contribution in [0, 0.1) is 6.92 Å². The molecule has 2 heterocycles. The number of nitrogen functional groups attached to an aromatic ring is 1. The minimum absolute atomic E-state index is 0.474. The molecule has 2 aromatic heterocycles. The van der Waals surface area contributed by atoms with Gasteiger partial charge < -0.3 is 10.2 Å². The molecule has 3 aromatic rings. The largest absolute Gasteiger partial charge is 0.421 e. The van der Waals surface area contributed by atoms with E-state index in [0.29, 0.717) is 11.8 Å². The summed E-state index contributed by atoms with van der Waals surface area (Å²) in [6.07, 6.45) is 3.49. The van der Waals surface area contributed by atoms with Crippen molar-refractivity contribution in [2.24, 2.45) is 0 Å². The van der Waals surface area contributed by atoms with Crippen molar-refractivity contribution >= 4 is 5.69 Å². The maximum atomic E-state index is 5.68. The molecule has 0 saturated heterocycles. The van der Waals surface area contributed by atoms with E-state index in [0.717, 1.165) is 22.4 Å². The fourth-order valence-corrected chi connectivity index (χ4v) is 1.80. The predicted molar refractivity (Wildman–Crippen MR) is 72.1 cm³/mol. The quantitative estimate of drug-likeness (QED) is 0.709. The standard InChI is InChI=1S/C14H12N4O/c1-9-17-18-14(19-9)12-6-11(7-16-8-12)10-2-4-13(15)5-3-10/h2-8H,15H2,1H3. The molecule has 0 aliphatic heterocycles. The van der Waals surface area contributed by atoms with Gasteiger partial charge in [0.05, 0.1) is 5.56 Å². The van der Waals surface area contributed by atoms with Crippen LogP contribution in [0.2, 0.25) is 0 Å². The van der Waals surface area contributed by atoms with E-state index in [-0.39, 0.29) is 0 Å². The van der Waals surface area contributed by atoms with E-state index in [2.05, 4.69) is 15.2 Å². The molecule has 3 rings (SSSR count). The third kappa shape index (κ3) is 2.30. The first-order valence-electron chi connectivity index (χ1n) is 5.84. The highest BCUT2D eigenvalue weighted by atomic mass is 16.4. The molecule has 0 aliphatic rings. The minimum atomic E-state index is 0.474. The first-order chi connectivity index (χ1) is 9.22. The zero-order valence-corrected chi connectivity index (χ0v) is 10.4. The van der Waals surface area contributed by atoms with Gasteiger partial charge in [-0.2, -0.15) is 0 Å². The molecule has 1 aromatic carbocycles. The summed E-state index contributed by atoms with van der Waals surface area (Å²) in [7, 11) is 0. The van der Waals surface area contributed by atoms with Gasteiger partial charge in [-0.1, -0.05) is 12.1 Å². The van der Waals surface area contributed by atoms with Crippen molar-refractivity contribution < 1.29 is 4.42 Å². The molecule has 5 heteroatoms. The number of nitrogens with zero attached hydrogens (tertiary/aromatic N) is 3. The lowest BCUT2D eigenvalue weighted by Crippen LogP contribution is -1.86. The third-order valence-electron chi connectivity index (χ3n) is 2.76. The summed E-state index contributed by atoms with van der Waals surface area (Å²) < 4.78 is 5.40. The molecular weight excluding hydrogens is 240 g/mol. The Morgan fingerprint density at radius 1 is 0.947 bits per heavy atom. The Hall–Kier alpha value is -2.69. The van der Waals surface area contributed by atoms with Gasteiger partial charge in [-0.3, -0.25) is 4.98 Å². The average molecular weight is 252 g/mol. The van der Waals surface area contributed by atoms with E-state index in [1.807, 2.05) is 30.3 Å². The van der Waals surface area contributed by atoms with Gasteiger partial charge in [-0.05, 0) is 23.8 Å². The Labute approximate surface area is 110 Å². The molecule has 0 atom stereocenters. The normalized spacial score (nSPS) is 10.6. The molecule has 0 radical (unpaired) electrons. The van der Waals surface area contributed by atoms with Crippen molar-refractivity contribution in [1.29, 1.82) is 0 Å². The van der Waals surface area contributed by atoms with E-state index in [1.165, 1.54) is 0 Å². The fourth-order valence-electron chi connectivity index (χ4n) is 1.80. The first kappa shape index (κ1) is 11.4. The van der Waals surface area contributed by atoms with Crippen LogP contribution >= 0.6 is 0 Å². The highest BCUT2D eigenvalue weighted by molar-refractivity contribution is 5.69. The monoisotopic (exact) mass is 252 g/mol. The molecular formula is C14H12N4O. The summed E-state index contributed by atoms with van der Waals surface area (Å²) in [6, 6.07) is 9.59. The van der Waals surface area contributed by atoms with Crippen LogP contribution in [-0.4, -0.2) is 15.2 Å². The lowest BCUT2D eigenvalue weighted by atomic mass is 10.1. The Bertz CT molecular complexity index is 703. The zero-order chi connectivity index (χ0) is 13.2. The number of aryl methyl sites for hydroxylation is 1. The summed E-state index contributed by atoms with van der Waals surface area (Å²) in [6.45, 7) is 1.76. The lowest BCUT2D eigenvalue weighted by molar-refractivity contribution is 0.532. The van der Waals surface area contributed by atoms with Gasteiger partial charge in [0.2, 0.25) is 11.8 Å². The van der Waals surface area contributed by atoms with Crippen molar-refractivity contribution in [3.05, 3.63) is 48.6 Å². The molecule has 5 nitrogen and oxygen atoms in total. The summed E-state index contributed by atoms with van der Waals surface area (Å²) in [5.74, 6) is 1.01. The number of rotatable bonds is 2. The van der Waals surface area contributed by atoms with Gasteiger partial charge in [0.1, 0.15) is 0 Å². The molecule has 19 heavy (non-hydrogen) atoms. The summed E-state index contributed by atoms with van der Waals surface area (Å²) >= 11 is 0. The first-order valence-corrected chi connectivity index (χ1v) is 5.84. The van der Waals surface area contributed by atoms with Gasteiger partial charge >= 0.3 is 0 Å². The van der Waals surface area contributed by atoms with Gasteiger partial charge in [0.25, 0.3) is 0 Å².